The molecule has 0 aliphatic carbocycles. The average Bonchev–Trinajstić information content (AvgIpc) is 3.21. The van der Waals surface area contributed by atoms with E-state index in [0.29, 0.717) is 6.54 Å². The lowest BCUT2D eigenvalue weighted by Crippen LogP contribution is -2.19. The first-order chi connectivity index (χ1) is 14.3. The van der Waals surface area contributed by atoms with Gasteiger partial charge in [-0.1, -0.05) is 72.8 Å². The molecule has 0 fully saturated rings. The Bertz CT molecular complexity index is 1310. The molecule has 3 aromatic carbocycles. The molecule has 0 N–H and O–H groups in total. The summed E-state index contributed by atoms with van der Waals surface area (Å²) in [6.45, 7) is 0.498. The molecule has 0 amide bonds. The molecule has 0 saturated carbocycles. The van der Waals surface area contributed by atoms with E-state index in [2.05, 4.69) is 24.3 Å². The van der Waals surface area contributed by atoms with Gasteiger partial charge >= 0.3 is 0 Å². The Hall–Kier alpha value is -3.85. The van der Waals surface area contributed by atoms with Crippen molar-refractivity contribution in [2.45, 2.75) is 6.54 Å². The molecular formula is C26H19NO2. The van der Waals surface area contributed by atoms with Gasteiger partial charge < -0.3 is 8.98 Å². The van der Waals surface area contributed by atoms with E-state index in [1.54, 1.807) is 10.6 Å². The Labute approximate surface area is 168 Å². The van der Waals surface area contributed by atoms with Gasteiger partial charge in [-0.05, 0) is 34.9 Å². The number of hydrogen-bond acceptors (Lipinski definition) is 2. The molecule has 0 spiro atoms. The van der Waals surface area contributed by atoms with Crippen LogP contribution in [0.3, 0.4) is 0 Å². The second kappa shape index (κ2) is 7.28. The molecule has 3 nitrogen and oxygen atoms in total. The number of fused-ring (bicyclic) bond motifs is 1. The van der Waals surface area contributed by atoms with E-state index in [0.717, 1.165) is 39.0 Å². The molecule has 5 aromatic rings. The molecule has 3 heteroatoms. The fraction of sp³-hybridized carbons (Fsp3) is 0.0385. The van der Waals surface area contributed by atoms with Crippen LogP contribution in [0.15, 0.2) is 112 Å². The number of hydrogen-bond donors (Lipinski definition) is 0. The van der Waals surface area contributed by atoms with Gasteiger partial charge in [-0.2, -0.15) is 0 Å². The second-order valence-electron chi connectivity index (χ2n) is 7.06. The Kier molecular flexibility index (Phi) is 4.34. The van der Waals surface area contributed by atoms with Crippen molar-refractivity contribution >= 4 is 11.0 Å². The molecular weight excluding hydrogens is 358 g/mol. The van der Waals surface area contributed by atoms with Crippen LogP contribution in [0.5, 0.6) is 0 Å². The van der Waals surface area contributed by atoms with Crippen LogP contribution in [0, 0.1) is 0 Å². The van der Waals surface area contributed by atoms with E-state index >= 15 is 0 Å². The second-order valence-corrected chi connectivity index (χ2v) is 7.06. The Morgan fingerprint density at radius 3 is 2.34 bits per heavy atom. The topological polar surface area (TPSA) is 35.1 Å². The van der Waals surface area contributed by atoms with Crippen molar-refractivity contribution in [3.63, 3.8) is 0 Å². The molecule has 0 bridgehead atoms. The van der Waals surface area contributed by atoms with Gasteiger partial charge in [-0.15, -0.1) is 0 Å². The van der Waals surface area contributed by atoms with Crippen LogP contribution in [0.25, 0.3) is 33.4 Å². The minimum Gasteiger partial charge on any atom is -0.456 e. The van der Waals surface area contributed by atoms with Gasteiger partial charge in [0.2, 0.25) is 0 Å². The molecule has 29 heavy (non-hydrogen) atoms. The summed E-state index contributed by atoms with van der Waals surface area (Å²) in [6, 6.07) is 31.8. The van der Waals surface area contributed by atoms with Crippen LogP contribution in [0.4, 0.5) is 0 Å². The zero-order valence-electron chi connectivity index (χ0n) is 15.8. The predicted octanol–water partition coefficient (Wildman–Crippen LogP) is 5.98. The van der Waals surface area contributed by atoms with Crippen molar-refractivity contribution < 1.29 is 4.42 Å². The van der Waals surface area contributed by atoms with Crippen LogP contribution in [0.1, 0.15) is 5.56 Å². The number of aromatic nitrogens is 1. The van der Waals surface area contributed by atoms with Crippen molar-refractivity contribution in [2.24, 2.45) is 0 Å². The Morgan fingerprint density at radius 1 is 0.724 bits per heavy atom. The number of furan rings is 1. The molecule has 0 unspecified atom stereocenters. The van der Waals surface area contributed by atoms with Crippen molar-refractivity contribution in [3.05, 3.63) is 119 Å². The normalized spacial score (nSPS) is 11.0. The van der Waals surface area contributed by atoms with E-state index in [9.17, 15) is 4.79 Å². The maximum Gasteiger partial charge on any atom is 0.250 e. The van der Waals surface area contributed by atoms with Crippen molar-refractivity contribution in [1.29, 1.82) is 0 Å². The summed E-state index contributed by atoms with van der Waals surface area (Å²) in [5.74, 6) is 0.760. The number of para-hydroxylation sites is 1. The largest absolute Gasteiger partial charge is 0.456 e. The minimum atomic E-state index is -0.0345. The first kappa shape index (κ1) is 17.3. The molecule has 0 aliphatic heterocycles. The van der Waals surface area contributed by atoms with Gasteiger partial charge in [-0.25, -0.2) is 0 Å². The summed E-state index contributed by atoms with van der Waals surface area (Å²) in [4.78, 5) is 12.6. The average molecular weight is 377 g/mol. The molecule has 5 rings (SSSR count). The Balaban J connectivity index is 1.55. The van der Waals surface area contributed by atoms with Gasteiger partial charge in [0.05, 0.1) is 6.54 Å². The third kappa shape index (κ3) is 3.39. The van der Waals surface area contributed by atoms with Gasteiger partial charge in [-0.3, -0.25) is 4.79 Å². The van der Waals surface area contributed by atoms with E-state index in [1.165, 1.54) is 0 Å². The van der Waals surface area contributed by atoms with Crippen molar-refractivity contribution in [1.82, 2.24) is 4.57 Å². The third-order valence-electron chi connectivity index (χ3n) is 5.14. The van der Waals surface area contributed by atoms with Crippen LogP contribution >= 0.6 is 0 Å². The van der Waals surface area contributed by atoms with Crippen LogP contribution in [0.2, 0.25) is 0 Å². The van der Waals surface area contributed by atoms with E-state index < -0.39 is 0 Å². The lowest BCUT2D eigenvalue weighted by Gasteiger charge is -2.12. The summed E-state index contributed by atoms with van der Waals surface area (Å²) >= 11 is 0. The first-order valence-corrected chi connectivity index (χ1v) is 9.61. The molecule has 140 valence electrons. The summed E-state index contributed by atoms with van der Waals surface area (Å²) < 4.78 is 7.72. The van der Waals surface area contributed by atoms with Crippen LogP contribution in [-0.4, -0.2) is 4.57 Å². The third-order valence-corrected chi connectivity index (χ3v) is 5.14. The monoisotopic (exact) mass is 377 g/mol. The minimum absolute atomic E-state index is 0.0345. The number of rotatable bonds is 4. The highest BCUT2D eigenvalue weighted by atomic mass is 16.3. The maximum absolute atomic E-state index is 12.6. The predicted molar refractivity (Wildman–Crippen MR) is 117 cm³/mol. The maximum atomic E-state index is 12.6. The zero-order chi connectivity index (χ0) is 19.6. The summed E-state index contributed by atoms with van der Waals surface area (Å²) in [5.41, 5.74) is 5.07. The lowest BCUT2D eigenvalue weighted by atomic mass is 9.99. The highest BCUT2D eigenvalue weighted by Gasteiger charge is 2.10. The molecule has 2 heterocycles. The molecule has 0 saturated heterocycles. The Morgan fingerprint density at radius 2 is 1.48 bits per heavy atom. The summed E-state index contributed by atoms with van der Waals surface area (Å²) in [7, 11) is 0. The number of pyridine rings is 1. The van der Waals surface area contributed by atoms with Gasteiger partial charge in [0.1, 0.15) is 11.3 Å². The highest BCUT2D eigenvalue weighted by Crippen LogP contribution is 2.28. The molecule has 2 aromatic heterocycles. The fourth-order valence-electron chi connectivity index (χ4n) is 3.67. The fourth-order valence-corrected chi connectivity index (χ4v) is 3.67. The molecule has 0 radical (unpaired) electrons. The standard InChI is InChI=1S/C26H19NO2/c28-26-15-14-22(25-16-20-10-5-7-13-24(20)29-25)18-27(26)17-21-11-4-6-12-23(21)19-8-2-1-3-9-19/h1-16,18H,17H2. The zero-order valence-corrected chi connectivity index (χ0v) is 15.8. The van der Waals surface area contributed by atoms with Crippen LogP contribution in [-0.2, 0) is 6.54 Å². The van der Waals surface area contributed by atoms with E-state index in [1.807, 2.05) is 72.9 Å². The van der Waals surface area contributed by atoms with Crippen LogP contribution < -0.4 is 5.56 Å². The summed E-state index contributed by atoms with van der Waals surface area (Å²) in [5, 5.41) is 1.05. The van der Waals surface area contributed by atoms with Crippen molar-refractivity contribution in [2.75, 3.05) is 0 Å². The quantitative estimate of drug-likeness (QED) is 0.386. The van der Waals surface area contributed by atoms with E-state index in [-0.39, 0.29) is 5.56 Å². The number of benzene rings is 3. The molecule has 0 atom stereocenters. The van der Waals surface area contributed by atoms with E-state index in [4.69, 9.17) is 4.42 Å². The number of nitrogens with zero attached hydrogens (tertiary/aromatic N) is 1. The van der Waals surface area contributed by atoms with Gasteiger partial charge in [0.15, 0.2) is 0 Å². The SMILES string of the molecule is O=c1ccc(-c2cc3ccccc3o2)cn1Cc1ccccc1-c1ccccc1. The lowest BCUT2D eigenvalue weighted by molar-refractivity contribution is 0.629. The van der Waals surface area contributed by atoms with Gasteiger partial charge in [0.25, 0.3) is 5.56 Å². The molecule has 0 aliphatic rings. The highest BCUT2D eigenvalue weighted by molar-refractivity contribution is 5.82. The van der Waals surface area contributed by atoms with Gasteiger partial charge in [0, 0.05) is 23.2 Å². The van der Waals surface area contributed by atoms with Crippen molar-refractivity contribution in [3.8, 4) is 22.5 Å². The summed E-state index contributed by atoms with van der Waals surface area (Å²) in [6.07, 6.45) is 1.88. The smallest absolute Gasteiger partial charge is 0.250 e. The first-order valence-electron chi connectivity index (χ1n) is 9.61.